The van der Waals surface area contributed by atoms with Crippen molar-refractivity contribution in [1.82, 2.24) is 20.5 Å². The number of nitrogens with one attached hydrogen (secondary N) is 1. The van der Waals surface area contributed by atoms with Gasteiger partial charge in [-0.1, -0.05) is 12.0 Å². The lowest BCUT2D eigenvalue weighted by Gasteiger charge is -2.21. The van der Waals surface area contributed by atoms with Crippen LogP contribution in [0.15, 0.2) is 16.7 Å². The number of pyridine rings is 1. The molecule has 0 bridgehead atoms. The fourth-order valence-corrected chi connectivity index (χ4v) is 2.90. The van der Waals surface area contributed by atoms with Crippen molar-refractivity contribution in [1.29, 1.82) is 0 Å². The number of hydrogen-bond acceptors (Lipinski definition) is 7. The SMILES string of the molecule is CCc1nnc(N2CCOCC(CNC(=O)c3cc(C)ncc3C)C2)o1. The van der Waals surface area contributed by atoms with E-state index in [0.717, 1.165) is 11.3 Å². The van der Waals surface area contributed by atoms with Crippen LogP contribution in [0.25, 0.3) is 0 Å². The van der Waals surface area contributed by atoms with Gasteiger partial charge in [0.15, 0.2) is 0 Å². The van der Waals surface area contributed by atoms with Crippen molar-refractivity contribution >= 4 is 11.9 Å². The second kappa shape index (κ2) is 8.27. The van der Waals surface area contributed by atoms with Gasteiger partial charge < -0.3 is 19.4 Å². The monoisotopic (exact) mass is 359 g/mol. The highest BCUT2D eigenvalue weighted by Gasteiger charge is 2.23. The van der Waals surface area contributed by atoms with Crippen molar-refractivity contribution in [2.24, 2.45) is 5.92 Å². The summed E-state index contributed by atoms with van der Waals surface area (Å²) in [4.78, 5) is 18.7. The standard InChI is InChI=1S/C18H25N5O3/c1-4-16-21-22-18(26-16)23-5-6-25-11-14(10-23)9-20-17(24)15-7-13(3)19-8-12(15)2/h7-8,14H,4-6,9-11H2,1-3H3,(H,20,24). The van der Waals surface area contributed by atoms with Gasteiger partial charge in [-0.3, -0.25) is 9.78 Å². The Morgan fingerprint density at radius 2 is 2.23 bits per heavy atom. The van der Waals surface area contributed by atoms with Crippen molar-refractivity contribution < 1.29 is 13.9 Å². The van der Waals surface area contributed by atoms with E-state index in [2.05, 4.69) is 20.5 Å². The van der Waals surface area contributed by atoms with Crippen LogP contribution in [-0.2, 0) is 11.2 Å². The predicted octanol–water partition coefficient (Wildman–Crippen LogP) is 1.53. The summed E-state index contributed by atoms with van der Waals surface area (Å²) in [6, 6.07) is 2.33. The van der Waals surface area contributed by atoms with E-state index in [1.807, 2.05) is 31.7 Å². The van der Waals surface area contributed by atoms with Crippen LogP contribution < -0.4 is 10.2 Å². The van der Waals surface area contributed by atoms with Crippen molar-refractivity contribution in [3.8, 4) is 0 Å². The molecule has 0 radical (unpaired) electrons. The summed E-state index contributed by atoms with van der Waals surface area (Å²) < 4.78 is 11.3. The average Bonchev–Trinajstić information content (AvgIpc) is 3.00. The van der Waals surface area contributed by atoms with Crippen LogP contribution in [0.5, 0.6) is 0 Å². The number of anilines is 1. The van der Waals surface area contributed by atoms with E-state index in [1.165, 1.54) is 0 Å². The Bertz CT molecular complexity index is 761. The van der Waals surface area contributed by atoms with Crippen molar-refractivity contribution in [3.05, 3.63) is 35.0 Å². The minimum absolute atomic E-state index is 0.0881. The molecule has 1 atom stereocenters. The summed E-state index contributed by atoms with van der Waals surface area (Å²) in [6.45, 7) is 8.82. The summed E-state index contributed by atoms with van der Waals surface area (Å²) in [5.74, 6) is 0.676. The van der Waals surface area contributed by atoms with Gasteiger partial charge in [-0.2, -0.15) is 0 Å². The van der Waals surface area contributed by atoms with Crippen molar-refractivity contribution in [2.45, 2.75) is 27.2 Å². The first-order valence-electron chi connectivity index (χ1n) is 8.93. The first kappa shape index (κ1) is 18.3. The van der Waals surface area contributed by atoms with Crippen LogP contribution >= 0.6 is 0 Å². The molecule has 0 aliphatic carbocycles. The van der Waals surface area contributed by atoms with Gasteiger partial charge in [0.25, 0.3) is 5.91 Å². The number of rotatable bonds is 5. The van der Waals surface area contributed by atoms with E-state index in [9.17, 15) is 4.79 Å². The van der Waals surface area contributed by atoms with Gasteiger partial charge in [0.2, 0.25) is 5.89 Å². The molecule has 2 aromatic heterocycles. The maximum Gasteiger partial charge on any atom is 0.318 e. The number of carbonyl (C=O) groups is 1. The molecule has 8 nitrogen and oxygen atoms in total. The Morgan fingerprint density at radius 3 is 3.00 bits per heavy atom. The predicted molar refractivity (Wildman–Crippen MR) is 96.2 cm³/mol. The zero-order valence-electron chi connectivity index (χ0n) is 15.5. The Balaban J connectivity index is 1.61. The summed E-state index contributed by atoms with van der Waals surface area (Å²) in [7, 11) is 0. The van der Waals surface area contributed by atoms with Gasteiger partial charge in [-0.25, -0.2) is 0 Å². The van der Waals surface area contributed by atoms with E-state index in [4.69, 9.17) is 9.15 Å². The lowest BCUT2D eigenvalue weighted by atomic mass is 10.1. The fraction of sp³-hybridized carbons (Fsp3) is 0.556. The van der Waals surface area contributed by atoms with Crippen LogP contribution in [0, 0.1) is 19.8 Å². The van der Waals surface area contributed by atoms with E-state index < -0.39 is 0 Å². The molecule has 3 heterocycles. The third-order valence-electron chi connectivity index (χ3n) is 4.40. The number of nitrogens with zero attached hydrogens (tertiary/aromatic N) is 4. The number of aryl methyl sites for hydroxylation is 3. The summed E-state index contributed by atoms with van der Waals surface area (Å²) in [5, 5.41) is 11.1. The molecule has 1 saturated heterocycles. The van der Waals surface area contributed by atoms with E-state index >= 15 is 0 Å². The quantitative estimate of drug-likeness (QED) is 0.865. The third-order valence-corrected chi connectivity index (χ3v) is 4.40. The lowest BCUT2D eigenvalue weighted by Crippen LogP contribution is -2.37. The topological polar surface area (TPSA) is 93.4 Å². The molecule has 0 aromatic carbocycles. The molecule has 1 aliphatic rings. The van der Waals surface area contributed by atoms with Crippen molar-refractivity contribution in [3.63, 3.8) is 0 Å². The van der Waals surface area contributed by atoms with Gasteiger partial charge in [-0.15, -0.1) is 5.10 Å². The van der Waals surface area contributed by atoms with Crippen LogP contribution in [-0.4, -0.2) is 53.9 Å². The minimum Gasteiger partial charge on any atom is -0.408 e. The van der Waals surface area contributed by atoms with Gasteiger partial charge >= 0.3 is 6.01 Å². The van der Waals surface area contributed by atoms with E-state index in [-0.39, 0.29) is 11.8 Å². The third kappa shape index (κ3) is 4.37. The molecule has 1 aliphatic heterocycles. The number of ether oxygens (including phenoxy) is 1. The molecule has 3 rings (SSSR count). The molecule has 8 heteroatoms. The second-order valence-electron chi connectivity index (χ2n) is 6.57. The molecule has 140 valence electrons. The largest absolute Gasteiger partial charge is 0.408 e. The first-order chi connectivity index (χ1) is 12.6. The summed E-state index contributed by atoms with van der Waals surface area (Å²) in [5.41, 5.74) is 2.35. The molecule has 1 unspecified atom stereocenters. The molecule has 0 spiro atoms. The second-order valence-corrected chi connectivity index (χ2v) is 6.57. The Morgan fingerprint density at radius 1 is 1.38 bits per heavy atom. The fourth-order valence-electron chi connectivity index (χ4n) is 2.90. The van der Waals surface area contributed by atoms with Gasteiger partial charge in [0.1, 0.15) is 0 Å². The van der Waals surface area contributed by atoms with Gasteiger partial charge in [0.05, 0.1) is 13.2 Å². The summed E-state index contributed by atoms with van der Waals surface area (Å²) >= 11 is 0. The molecule has 0 saturated carbocycles. The number of hydrogen-bond donors (Lipinski definition) is 1. The van der Waals surface area contributed by atoms with Crippen LogP contribution in [0.4, 0.5) is 6.01 Å². The molecular weight excluding hydrogens is 334 g/mol. The molecule has 1 amide bonds. The number of amides is 1. The zero-order valence-corrected chi connectivity index (χ0v) is 15.5. The Labute approximate surface area is 153 Å². The smallest absolute Gasteiger partial charge is 0.318 e. The maximum atomic E-state index is 12.5. The molecule has 26 heavy (non-hydrogen) atoms. The highest BCUT2D eigenvalue weighted by atomic mass is 16.5. The highest BCUT2D eigenvalue weighted by Crippen LogP contribution is 2.17. The number of aromatic nitrogens is 3. The highest BCUT2D eigenvalue weighted by molar-refractivity contribution is 5.95. The molecule has 1 N–H and O–H groups in total. The summed E-state index contributed by atoms with van der Waals surface area (Å²) in [6.07, 6.45) is 2.43. The zero-order chi connectivity index (χ0) is 18.5. The molecule has 1 fully saturated rings. The maximum absolute atomic E-state index is 12.5. The van der Waals surface area contributed by atoms with Crippen LogP contribution in [0.3, 0.4) is 0 Å². The van der Waals surface area contributed by atoms with E-state index in [1.54, 1.807) is 6.20 Å². The van der Waals surface area contributed by atoms with Crippen molar-refractivity contribution in [2.75, 3.05) is 37.7 Å². The molecule has 2 aromatic rings. The Kier molecular flexibility index (Phi) is 5.82. The lowest BCUT2D eigenvalue weighted by molar-refractivity contribution is 0.0921. The first-order valence-corrected chi connectivity index (χ1v) is 8.93. The normalized spacial score (nSPS) is 17.8. The Hall–Kier alpha value is -2.48. The minimum atomic E-state index is -0.0881. The molecular formula is C18H25N5O3. The van der Waals surface area contributed by atoms with Gasteiger partial charge in [-0.05, 0) is 25.5 Å². The van der Waals surface area contributed by atoms with E-state index in [0.29, 0.717) is 56.7 Å². The van der Waals surface area contributed by atoms with Gasteiger partial charge in [0, 0.05) is 49.4 Å². The average molecular weight is 359 g/mol. The van der Waals surface area contributed by atoms with Crippen LogP contribution in [0.2, 0.25) is 0 Å². The van der Waals surface area contributed by atoms with Crippen LogP contribution in [0.1, 0.15) is 34.4 Å². The number of carbonyl (C=O) groups excluding carboxylic acids is 1.